The number of furan rings is 6. The quantitative estimate of drug-likeness (QED) is 0.111. The average Bonchev–Trinajstić information content (AvgIpc) is 1.54. The summed E-state index contributed by atoms with van der Waals surface area (Å²) in [4.78, 5) is 9.35. The number of hydrogen-bond acceptors (Lipinski definition) is 10. The lowest BCUT2D eigenvalue weighted by Gasteiger charge is -2.27. The van der Waals surface area contributed by atoms with Crippen molar-refractivity contribution in [3.8, 4) is 11.1 Å². The molecule has 0 saturated heterocycles. The molecule has 0 saturated carbocycles. The molecule has 0 amide bonds. The molecule has 0 bridgehead atoms. The Bertz CT molecular complexity index is 8970. The van der Waals surface area contributed by atoms with E-state index in [-0.39, 0.29) is 0 Å². The van der Waals surface area contributed by atoms with Gasteiger partial charge in [-0.25, -0.2) is 0 Å². The fraction of sp³-hybridized carbons (Fsp3) is 0.0175. The zero-order valence-electron chi connectivity index (χ0n) is 67.2. The maximum Gasteiger partial charge on any atom is 0.160 e. The Labute approximate surface area is 708 Å². The summed E-state index contributed by atoms with van der Waals surface area (Å²) in [6.07, 6.45) is 0. The molecule has 0 aliphatic heterocycles. The predicted octanol–water partition coefficient (Wildman–Crippen LogP) is 33.9. The van der Waals surface area contributed by atoms with Crippen molar-refractivity contribution in [1.82, 2.24) is 0 Å². The molecule has 124 heavy (non-hydrogen) atoms. The van der Waals surface area contributed by atoms with Crippen molar-refractivity contribution in [2.75, 3.05) is 19.6 Å². The van der Waals surface area contributed by atoms with E-state index in [4.69, 9.17) is 26.5 Å². The maximum atomic E-state index is 7.92. The van der Waals surface area contributed by atoms with Crippen molar-refractivity contribution < 1.29 is 26.5 Å². The van der Waals surface area contributed by atoms with Crippen LogP contribution in [-0.2, 0) is 0 Å². The zero-order valence-corrected chi connectivity index (χ0v) is 67.2. The summed E-state index contributed by atoms with van der Waals surface area (Å²) in [6.45, 7) is 4.36. The van der Waals surface area contributed by atoms with E-state index in [1.807, 2.05) is 18.2 Å². The van der Waals surface area contributed by atoms with Crippen molar-refractivity contribution in [1.29, 1.82) is 0 Å². The molecule has 0 radical (unpaired) electrons. The smallest absolute Gasteiger partial charge is 0.160 e. The number of benzene rings is 20. The Morgan fingerprint density at radius 1 is 0.161 bits per heavy atom. The van der Waals surface area contributed by atoms with Gasteiger partial charge in [0.2, 0.25) is 0 Å². The molecule has 0 aliphatic rings. The lowest BCUT2D eigenvalue weighted by atomic mass is 9.97. The van der Waals surface area contributed by atoms with Crippen molar-refractivity contribution in [3.05, 3.63) is 399 Å². The molecule has 10 nitrogen and oxygen atoms in total. The van der Waals surface area contributed by atoms with E-state index in [0.29, 0.717) is 0 Å². The molecule has 0 spiro atoms. The van der Waals surface area contributed by atoms with Gasteiger partial charge in [-0.2, -0.15) is 0 Å². The van der Waals surface area contributed by atoms with Crippen molar-refractivity contribution in [2.45, 2.75) is 13.8 Å². The lowest BCUT2D eigenvalue weighted by molar-refractivity contribution is 0.664. The Hall–Kier alpha value is -16.6. The van der Waals surface area contributed by atoms with Crippen LogP contribution in [-0.4, -0.2) is 0 Å². The Morgan fingerprint density at radius 2 is 0.419 bits per heavy atom. The molecule has 0 aliphatic carbocycles. The van der Waals surface area contributed by atoms with E-state index in [1.54, 1.807) is 0 Å². The van der Waals surface area contributed by atoms with Gasteiger partial charge in [-0.1, -0.05) is 267 Å². The summed E-state index contributed by atoms with van der Waals surface area (Å²) in [5.74, 6) is 0. The van der Waals surface area contributed by atoms with Gasteiger partial charge < -0.3 is 46.1 Å². The zero-order chi connectivity index (χ0) is 81.5. The van der Waals surface area contributed by atoms with Crippen LogP contribution >= 0.6 is 0 Å². The second kappa shape index (κ2) is 27.0. The molecular formula is C114H70N4O6. The molecular weight excluding hydrogens is 1520 g/mol. The highest BCUT2D eigenvalue weighted by molar-refractivity contribution is 6.34. The summed E-state index contributed by atoms with van der Waals surface area (Å²) >= 11 is 0. The number of aryl methyl sites for hydroxylation is 2. The fourth-order valence-electron chi connectivity index (χ4n) is 20.0. The molecule has 10 heteroatoms. The number of fused-ring (bicyclic) bond motifs is 26. The van der Waals surface area contributed by atoms with Crippen LogP contribution in [0.5, 0.6) is 0 Å². The van der Waals surface area contributed by atoms with E-state index in [0.717, 1.165) is 265 Å². The number of para-hydroxylation sites is 10. The van der Waals surface area contributed by atoms with Gasteiger partial charge in [-0.3, -0.25) is 0 Å². The molecule has 0 atom stereocenters. The van der Waals surface area contributed by atoms with Gasteiger partial charge in [-0.05, 0) is 201 Å². The molecule has 26 aromatic rings. The standard InChI is InChI=1S/C114H70N4O6/c1-67-29-9-21-49-89(67)117(93-53-26-46-84-82-44-20-24-56-100(82)120-108(84)93)97-65-73-33-13-17-41-79(73)105-106-80-42-18-14-34-74(80)66-98(114(106)124-113(97)105)118(90-50-22-10-30-68(90)2)94-54-28-48-86-88-62-70(58-60-102(88)122-110(86)94)69-57-59-101-87(61-69)85-47-27-52-92(109(85)121-101)116(76-37-7-4-8-38-76)96-64-72-32-12-16-40-78(72)104-103-77-39-15-11-31-71(77)63-95(111(103)123-112(96)104)115(75-35-5-3-6-36-75)91-51-25-45-83-81-43-19-23-55-99(81)119-107(83)91/h3-66H,1-2H3. The van der Waals surface area contributed by atoms with E-state index in [1.165, 1.54) is 0 Å². The molecule has 0 unspecified atom stereocenters. The summed E-state index contributed by atoms with van der Waals surface area (Å²) in [7, 11) is 0. The van der Waals surface area contributed by atoms with Gasteiger partial charge in [0.1, 0.15) is 22.3 Å². The normalized spacial score (nSPS) is 12.1. The van der Waals surface area contributed by atoms with Crippen molar-refractivity contribution >= 4 is 243 Å². The topological polar surface area (TPSA) is 91.8 Å². The molecule has 0 fully saturated rings. The van der Waals surface area contributed by atoms with E-state index >= 15 is 0 Å². The Balaban J connectivity index is 0.636. The van der Waals surface area contributed by atoms with Crippen LogP contribution < -0.4 is 19.6 Å². The molecule has 0 N–H and O–H groups in total. The van der Waals surface area contributed by atoms with Crippen molar-refractivity contribution in [2.24, 2.45) is 0 Å². The maximum absolute atomic E-state index is 7.92. The van der Waals surface area contributed by atoms with E-state index in [9.17, 15) is 0 Å². The van der Waals surface area contributed by atoms with Crippen molar-refractivity contribution in [3.63, 3.8) is 0 Å². The van der Waals surface area contributed by atoms with Crippen LogP contribution in [0.25, 0.3) is 186 Å². The van der Waals surface area contributed by atoms with E-state index < -0.39 is 0 Å². The summed E-state index contributed by atoms with van der Waals surface area (Å²) < 4.78 is 44.2. The Morgan fingerprint density at radius 3 is 0.766 bits per heavy atom. The average molecular weight is 1590 g/mol. The van der Waals surface area contributed by atoms with Gasteiger partial charge in [0.05, 0.1) is 45.5 Å². The SMILES string of the molecule is Cc1ccccc1N(c1cccc2c1oc1ccccc12)c1cc2ccccc2c2c1oc1c(N(c3ccccc3C)c3cccc4c3oc3ccc(-c5ccc6oc7c(N(c8ccccc8)c8cc9ccccc9c9c8oc8c(N(c%10ccccc%10)c%10cccc%11c%10oc%10ccccc%10%11)cc%10ccccc%10c89)cccc7c6c5)cc34)cc3ccccc3c12. The summed E-state index contributed by atoms with van der Waals surface area (Å²) in [5.41, 5.74) is 24.3. The molecule has 582 valence electrons. The van der Waals surface area contributed by atoms with Gasteiger partial charge in [-0.15, -0.1) is 0 Å². The molecule has 6 heterocycles. The first kappa shape index (κ1) is 69.4. The number of hydrogen-bond donors (Lipinski definition) is 0. The highest BCUT2D eigenvalue weighted by Crippen LogP contribution is 2.58. The lowest BCUT2D eigenvalue weighted by Crippen LogP contribution is -2.12. The van der Waals surface area contributed by atoms with Gasteiger partial charge in [0.15, 0.2) is 44.7 Å². The van der Waals surface area contributed by atoms with Gasteiger partial charge in [0.25, 0.3) is 0 Å². The minimum absolute atomic E-state index is 0.731. The summed E-state index contributed by atoms with van der Waals surface area (Å²) in [5, 5.41) is 20.8. The molecule has 6 aromatic heterocycles. The largest absolute Gasteiger partial charge is 0.454 e. The first-order valence-corrected chi connectivity index (χ1v) is 42.1. The number of anilines is 12. The minimum Gasteiger partial charge on any atom is -0.454 e. The first-order valence-electron chi connectivity index (χ1n) is 42.1. The number of rotatable bonds is 13. The number of nitrogens with zero attached hydrogens (tertiary/aromatic N) is 4. The highest BCUT2D eigenvalue weighted by Gasteiger charge is 2.34. The minimum atomic E-state index is 0.731. The summed E-state index contributed by atoms with van der Waals surface area (Å²) in [6, 6.07) is 138. The second-order valence-electron chi connectivity index (χ2n) is 32.5. The van der Waals surface area contributed by atoms with Gasteiger partial charge in [0, 0.05) is 87.4 Å². The first-order chi connectivity index (χ1) is 61.3. The van der Waals surface area contributed by atoms with Crippen LogP contribution in [0, 0.1) is 13.8 Å². The third-order valence-electron chi connectivity index (χ3n) is 25.6. The van der Waals surface area contributed by atoms with E-state index in [2.05, 4.69) is 403 Å². The predicted molar refractivity (Wildman–Crippen MR) is 514 cm³/mol. The Kier molecular flexibility index (Phi) is 15.1. The highest BCUT2D eigenvalue weighted by atomic mass is 16.4. The van der Waals surface area contributed by atoms with Gasteiger partial charge >= 0.3 is 0 Å². The third kappa shape index (κ3) is 10.3. The van der Waals surface area contributed by atoms with Crippen LogP contribution in [0.4, 0.5) is 68.2 Å². The monoisotopic (exact) mass is 1590 g/mol. The second-order valence-corrected chi connectivity index (χ2v) is 32.5. The molecule has 20 aromatic carbocycles. The van der Waals surface area contributed by atoms with Crippen LogP contribution in [0.2, 0.25) is 0 Å². The third-order valence-corrected chi connectivity index (χ3v) is 25.6. The molecule has 26 rings (SSSR count). The van der Waals surface area contributed by atoms with Crippen LogP contribution in [0.3, 0.4) is 0 Å². The fourth-order valence-corrected chi connectivity index (χ4v) is 20.0. The van der Waals surface area contributed by atoms with Crippen LogP contribution in [0.15, 0.2) is 415 Å². The van der Waals surface area contributed by atoms with Crippen LogP contribution in [0.1, 0.15) is 11.1 Å².